The van der Waals surface area contributed by atoms with E-state index >= 15 is 0 Å². The fraction of sp³-hybridized carbons (Fsp3) is 0. The molecule has 1 aromatic heterocycles. The second kappa shape index (κ2) is 5.92. The smallest absolute Gasteiger partial charge is 0.323 e. The van der Waals surface area contributed by atoms with Crippen molar-refractivity contribution in [2.45, 2.75) is 0 Å². The number of hydrogen-bond donors (Lipinski definition) is 3. The maximum atomic E-state index is 11.9. The number of carbonyl (C=O) groups excluding carboxylic acids is 1. The van der Waals surface area contributed by atoms with Gasteiger partial charge in [0.25, 0.3) is 0 Å². The summed E-state index contributed by atoms with van der Waals surface area (Å²) < 4.78 is 0. The van der Waals surface area contributed by atoms with Crippen molar-refractivity contribution in [2.24, 2.45) is 0 Å². The Labute approximate surface area is 122 Å². The Balaban J connectivity index is 1.64. The van der Waals surface area contributed by atoms with Crippen molar-refractivity contribution in [3.05, 3.63) is 67.1 Å². The Morgan fingerprint density at radius 3 is 2.19 bits per heavy atom. The number of carbonyl (C=O) groups is 1. The van der Waals surface area contributed by atoms with Crippen LogP contribution in [0.25, 0.3) is 11.3 Å². The maximum Gasteiger partial charge on any atom is 0.323 e. The summed E-state index contributed by atoms with van der Waals surface area (Å²) in [5.74, 6) is 0. The molecule has 0 radical (unpaired) electrons. The summed E-state index contributed by atoms with van der Waals surface area (Å²) in [7, 11) is 0. The highest BCUT2D eigenvalue weighted by atomic mass is 16.2. The zero-order chi connectivity index (χ0) is 14.5. The Morgan fingerprint density at radius 1 is 0.905 bits per heavy atom. The monoisotopic (exact) mass is 278 g/mol. The molecule has 2 aromatic carbocycles. The average Bonchev–Trinajstić information content (AvgIpc) is 3.03. The second-order valence-corrected chi connectivity index (χ2v) is 4.49. The second-order valence-electron chi connectivity index (χ2n) is 4.49. The van der Waals surface area contributed by atoms with Crippen LogP contribution in [-0.2, 0) is 0 Å². The van der Waals surface area contributed by atoms with Crippen LogP contribution in [0.2, 0.25) is 0 Å². The molecule has 0 unspecified atom stereocenters. The third-order valence-electron chi connectivity index (χ3n) is 2.98. The van der Waals surface area contributed by atoms with Gasteiger partial charge in [-0.3, -0.25) is 0 Å². The lowest BCUT2D eigenvalue weighted by atomic mass is 10.1. The van der Waals surface area contributed by atoms with E-state index in [0.29, 0.717) is 0 Å². The number of amides is 2. The largest absolute Gasteiger partial charge is 0.345 e. The van der Waals surface area contributed by atoms with E-state index in [1.54, 1.807) is 12.5 Å². The van der Waals surface area contributed by atoms with Crippen LogP contribution in [0.3, 0.4) is 0 Å². The summed E-state index contributed by atoms with van der Waals surface area (Å²) in [6.07, 6.45) is 3.39. The Hall–Kier alpha value is -3.08. The first-order valence-corrected chi connectivity index (χ1v) is 6.53. The average molecular weight is 278 g/mol. The molecule has 0 atom stereocenters. The van der Waals surface area contributed by atoms with Gasteiger partial charge in [0.15, 0.2) is 0 Å². The molecular formula is C16H14N4O. The van der Waals surface area contributed by atoms with E-state index in [2.05, 4.69) is 20.6 Å². The van der Waals surface area contributed by atoms with Crippen LogP contribution in [0, 0.1) is 0 Å². The third-order valence-corrected chi connectivity index (χ3v) is 2.98. The van der Waals surface area contributed by atoms with Gasteiger partial charge in [-0.2, -0.15) is 0 Å². The van der Waals surface area contributed by atoms with Crippen LogP contribution >= 0.6 is 0 Å². The molecule has 0 saturated carbocycles. The molecule has 0 fully saturated rings. The zero-order valence-electron chi connectivity index (χ0n) is 11.2. The van der Waals surface area contributed by atoms with Crippen LogP contribution in [0.4, 0.5) is 16.2 Å². The number of nitrogens with zero attached hydrogens (tertiary/aromatic N) is 1. The van der Waals surface area contributed by atoms with E-state index in [9.17, 15) is 4.79 Å². The predicted octanol–water partition coefficient (Wildman–Crippen LogP) is 3.72. The van der Waals surface area contributed by atoms with Crippen molar-refractivity contribution in [2.75, 3.05) is 10.6 Å². The number of H-pyrrole nitrogens is 1. The van der Waals surface area contributed by atoms with Crippen LogP contribution in [0.1, 0.15) is 0 Å². The molecule has 0 aliphatic rings. The standard InChI is InChI=1S/C16H14N4O/c21-16(19-13-4-2-1-3-5-13)20-14-8-6-12(7-9-14)15-10-17-11-18-15/h1-11H,(H,17,18)(H2,19,20,21). The van der Waals surface area contributed by atoms with Crippen LogP contribution in [0.5, 0.6) is 0 Å². The first-order chi connectivity index (χ1) is 10.3. The predicted molar refractivity (Wildman–Crippen MR) is 83.1 cm³/mol. The number of anilines is 2. The summed E-state index contributed by atoms with van der Waals surface area (Å²) in [6.45, 7) is 0. The van der Waals surface area contributed by atoms with Gasteiger partial charge in [0.05, 0.1) is 18.2 Å². The molecule has 0 bridgehead atoms. The molecule has 21 heavy (non-hydrogen) atoms. The van der Waals surface area contributed by atoms with Crippen molar-refractivity contribution >= 4 is 17.4 Å². The molecule has 5 nitrogen and oxygen atoms in total. The molecule has 3 rings (SSSR count). The molecule has 0 aliphatic carbocycles. The van der Waals surface area contributed by atoms with Gasteiger partial charge in [-0.25, -0.2) is 9.78 Å². The van der Waals surface area contributed by atoms with Gasteiger partial charge >= 0.3 is 6.03 Å². The van der Waals surface area contributed by atoms with Crippen LogP contribution < -0.4 is 10.6 Å². The van der Waals surface area contributed by atoms with Gasteiger partial charge in [-0.1, -0.05) is 30.3 Å². The van der Waals surface area contributed by atoms with Crippen molar-refractivity contribution < 1.29 is 4.79 Å². The van der Waals surface area contributed by atoms with Gasteiger partial charge < -0.3 is 15.6 Å². The fourth-order valence-electron chi connectivity index (χ4n) is 1.96. The molecule has 1 heterocycles. The molecule has 0 saturated heterocycles. The summed E-state index contributed by atoms with van der Waals surface area (Å²) in [6, 6.07) is 16.6. The van der Waals surface area contributed by atoms with Crippen LogP contribution in [-0.4, -0.2) is 16.0 Å². The van der Waals surface area contributed by atoms with Gasteiger partial charge in [0, 0.05) is 11.4 Å². The number of para-hydroxylation sites is 1. The minimum Gasteiger partial charge on any atom is -0.345 e. The minimum atomic E-state index is -0.268. The number of rotatable bonds is 3. The first kappa shape index (κ1) is 12.9. The number of aromatic nitrogens is 2. The lowest BCUT2D eigenvalue weighted by Gasteiger charge is -2.08. The SMILES string of the molecule is O=C(Nc1ccccc1)Nc1ccc(-c2cnc[nH]2)cc1. The quantitative estimate of drug-likeness (QED) is 0.683. The van der Waals surface area contributed by atoms with Gasteiger partial charge in [-0.05, 0) is 29.8 Å². The van der Waals surface area contributed by atoms with Gasteiger partial charge in [0.1, 0.15) is 0 Å². The zero-order valence-corrected chi connectivity index (χ0v) is 11.2. The van der Waals surface area contributed by atoms with Crippen molar-refractivity contribution in [3.8, 4) is 11.3 Å². The van der Waals surface area contributed by atoms with Gasteiger partial charge in [-0.15, -0.1) is 0 Å². The Morgan fingerprint density at radius 2 is 1.57 bits per heavy atom. The third kappa shape index (κ3) is 3.27. The van der Waals surface area contributed by atoms with E-state index in [1.807, 2.05) is 54.6 Å². The van der Waals surface area contributed by atoms with Crippen molar-refractivity contribution in [1.29, 1.82) is 0 Å². The molecule has 0 spiro atoms. The lowest BCUT2D eigenvalue weighted by molar-refractivity contribution is 0.262. The molecular weight excluding hydrogens is 264 g/mol. The summed E-state index contributed by atoms with van der Waals surface area (Å²) >= 11 is 0. The highest BCUT2D eigenvalue weighted by molar-refractivity contribution is 5.99. The number of imidazole rings is 1. The Kier molecular flexibility index (Phi) is 3.64. The summed E-state index contributed by atoms with van der Waals surface area (Å²) in [5, 5.41) is 5.55. The van der Waals surface area contributed by atoms with Crippen LogP contribution in [0.15, 0.2) is 67.1 Å². The molecule has 2 amide bonds. The Bertz CT molecular complexity index is 706. The maximum absolute atomic E-state index is 11.9. The highest BCUT2D eigenvalue weighted by Gasteiger charge is 2.03. The molecule has 3 N–H and O–H groups in total. The number of hydrogen-bond acceptors (Lipinski definition) is 2. The topological polar surface area (TPSA) is 69.8 Å². The van der Waals surface area contributed by atoms with E-state index in [-0.39, 0.29) is 6.03 Å². The normalized spacial score (nSPS) is 10.1. The van der Waals surface area contributed by atoms with E-state index in [1.165, 1.54) is 0 Å². The summed E-state index contributed by atoms with van der Waals surface area (Å²) in [4.78, 5) is 18.9. The highest BCUT2D eigenvalue weighted by Crippen LogP contribution is 2.18. The summed E-state index contributed by atoms with van der Waals surface area (Å²) in [5.41, 5.74) is 3.44. The van der Waals surface area contributed by atoms with E-state index < -0.39 is 0 Å². The fourth-order valence-corrected chi connectivity index (χ4v) is 1.96. The molecule has 5 heteroatoms. The van der Waals surface area contributed by atoms with E-state index in [0.717, 1.165) is 22.6 Å². The number of benzene rings is 2. The number of urea groups is 1. The number of aromatic amines is 1. The van der Waals surface area contributed by atoms with Crippen molar-refractivity contribution in [1.82, 2.24) is 9.97 Å². The van der Waals surface area contributed by atoms with Crippen molar-refractivity contribution in [3.63, 3.8) is 0 Å². The molecule has 3 aromatic rings. The molecule has 104 valence electrons. The number of nitrogens with one attached hydrogen (secondary N) is 3. The first-order valence-electron chi connectivity index (χ1n) is 6.53. The lowest BCUT2D eigenvalue weighted by Crippen LogP contribution is -2.19. The molecule has 0 aliphatic heterocycles. The minimum absolute atomic E-state index is 0.268. The van der Waals surface area contributed by atoms with Gasteiger partial charge in [0.2, 0.25) is 0 Å². The van der Waals surface area contributed by atoms with E-state index in [4.69, 9.17) is 0 Å².